The van der Waals surface area contributed by atoms with Gasteiger partial charge in [-0.25, -0.2) is 9.78 Å². The third kappa shape index (κ3) is 3.95. The lowest BCUT2D eigenvalue weighted by Crippen LogP contribution is -2.19. The lowest BCUT2D eigenvalue weighted by molar-refractivity contribution is 0.0496. The maximum Gasteiger partial charge on any atom is 0.348 e. The number of carbonyl (C=O) groups excluding carboxylic acids is 1. The molecule has 0 radical (unpaired) electrons. The zero-order valence-electron chi connectivity index (χ0n) is 14.3. The molecule has 0 fully saturated rings. The Morgan fingerprint density at radius 1 is 1.26 bits per heavy atom. The lowest BCUT2D eigenvalue weighted by atomic mass is 10.3. The van der Waals surface area contributed by atoms with Gasteiger partial charge in [-0.15, -0.1) is 11.3 Å². The third-order valence-corrected chi connectivity index (χ3v) is 6.78. The van der Waals surface area contributed by atoms with Crippen LogP contribution < -0.4 is 10.2 Å². The van der Waals surface area contributed by atoms with E-state index in [0.717, 1.165) is 37.4 Å². The minimum Gasteiger partial charge on any atom is -0.460 e. The molecular weight excluding hydrogens is 402 g/mol. The Morgan fingerprint density at radius 3 is 2.78 bits per heavy atom. The van der Waals surface area contributed by atoms with Gasteiger partial charge in [-0.1, -0.05) is 40.9 Å². The highest BCUT2D eigenvalue weighted by Crippen LogP contribution is 2.34. The van der Waals surface area contributed by atoms with E-state index in [1.54, 1.807) is 16.0 Å². The molecule has 0 aliphatic rings. The molecule has 0 amide bonds. The number of thiophene rings is 1. The number of thiazole rings is 2. The SMILES string of the molecule is Cc1csc(=O)n1CCOC(=O)c1cc2sc(Nc3ccccc3)nc2s1. The van der Waals surface area contributed by atoms with E-state index in [-0.39, 0.29) is 17.4 Å². The first-order chi connectivity index (χ1) is 13.1. The van der Waals surface area contributed by atoms with Crippen LogP contribution in [-0.4, -0.2) is 22.1 Å². The van der Waals surface area contributed by atoms with Gasteiger partial charge in [-0.3, -0.25) is 9.36 Å². The summed E-state index contributed by atoms with van der Waals surface area (Å²) in [6.07, 6.45) is 0. The normalized spacial score (nSPS) is 11.0. The van der Waals surface area contributed by atoms with Crippen molar-refractivity contribution in [2.24, 2.45) is 0 Å². The number of hydrogen-bond acceptors (Lipinski definition) is 8. The van der Waals surface area contributed by atoms with Crippen molar-refractivity contribution in [1.29, 1.82) is 0 Å². The van der Waals surface area contributed by atoms with Crippen LogP contribution in [0.4, 0.5) is 10.8 Å². The number of fused-ring (bicyclic) bond motifs is 1. The van der Waals surface area contributed by atoms with Crippen LogP contribution in [0.3, 0.4) is 0 Å². The largest absolute Gasteiger partial charge is 0.460 e. The Bertz CT molecular complexity index is 1110. The summed E-state index contributed by atoms with van der Waals surface area (Å²) >= 11 is 3.95. The number of nitrogens with one attached hydrogen (secondary N) is 1. The molecule has 138 valence electrons. The van der Waals surface area contributed by atoms with Crippen molar-refractivity contribution in [2.75, 3.05) is 11.9 Å². The first-order valence-electron chi connectivity index (χ1n) is 8.14. The number of para-hydroxylation sites is 1. The fraction of sp³-hybridized carbons (Fsp3) is 0.167. The molecule has 3 aromatic heterocycles. The number of hydrogen-bond donors (Lipinski definition) is 1. The molecule has 4 rings (SSSR count). The fourth-order valence-corrected chi connectivity index (χ4v) is 5.30. The maximum absolute atomic E-state index is 12.3. The second kappa shape index (κ2) is 7.63. The van der Waals surface area contributed by atoms with Gasteiger partial charge in [0.2, 0.25) is 0 Å². The highest BCUT2D eigenvalue weighted by molar-refractivity contribution is 7.29. The Hall–Kier alpha value is -2.49. The van der Waals surface area contributed by atoms with E-state index in [9.17, 15) is 9.59 Å². The van der Waals surface area contributed by atoms with Crippen molar-refractivity contribution < 1.29 is 9.53 Å². The van der Waals surface area contributed by atoms with Crippen LogP contribution in [0.15, 0.2) is 46.6 Å². The second-order valence-corrected chi connectivity index (χ2v) is 8.60. The summed E-state index contributed by atoms with van der Waals surface area (Å²) in [6, 6.07) is 11.6. The Kier molecular flexibility index (Phi) is 5.06. The van der Waals surface area contributed by atoms with Gasteiger partial charge in [0.1, 0.15) is 16.3 Å². The van der Waals surface area contributed by atoms with Gasteiger partial charge in [0.15, 0.2) is 5.13 Å². The number of anilines is 2. The fourth-order valence-electron chi connectivity index (χ4n) is 2.51. The number of carbonyl (C=O) groups is 1. The molecule has 4 aromatic rings. The minimum absolute atomic E-state index is 0.0390. The molecular formula is C18H15N3O3S3. The molecule has 1 N–H and O–H groups in total. The number of benzene rings is 1. The van der Waals surface area contributed by atoms with Gasteiger partial charge < -0.3 is 10.1 Å². The molecule has 1 aromatic carbocycles. The van der Waals surface area contributed by atoms with E-state index in [1.165, 1.54) is 22.7 Å². The summed E-state index contributed by atoms with van der Waals surface area (Å²) < 4.78 is 7.86. The molecule has 6 nitrogen and oxygen atoms in total. The first kappa shape index (κ1) is 17.9. The first-order valence-corrected chi connectivity index (χ1v) is 10.7. The number of nitrogens with zero attached hydrogens (tertiary/aromatic N) is 2. The van der Waals surface area contributed by atoms with E-state index in [0.29, 0.717) is 11.4 Å². The Morgan fingerprint density at radius 2 is 2.07 bits per heavy atom. The van der Waals surface area contributed by atoms with Crippen LogP contribution >= 0.6 is 34.0 Å². The molecule has 0 saturated heterocycles. The summed E-state index contributed by atoms with van der Waals surface area (Å²) in [5.74, 6) is -0.385. The highest BCUT2D eigenvalue weighted by Gasteiger charge is 2.15. The maximum atomic E-state index is 12.3. The summed E-state index contributed by atoms with van der Waals surface area (Å²) in [5.41, 5.74) is 1.85. The van der Waals surface area contributed by atoms with Crippen molar-refractivity contribution in [1.82, 2.24) is 9.55 Å². The number of aromatic nitrogens is 2. The number of aryl methyl sites for hydroxylation is 1. The highest BCUT2D eigenvalue weighted by atomic mass is 32.1. The zero-order chi connectivity index (χ0) is 18.8. The number of esters is 1. The predicted octanol–water partition coefficient (Wildman–Crippen LogP) is 4.49. The molecule has 27 heavy (non-hydrogen) atoms. The smallest absolute Gasteiger partial charge is 0.348 e. The molecule has 0 saturated carbocycles. The summed E-state index contributed by atoms with van der Waals surface area (Å²) in [4.78, 5) is 29.7. The van der Waals surface area contributed by atoms with Crippen molar-refractivity contribution in [3.8, 4) is 0 Å². The van der Waals surface area contributed by atoms with Crippen LogP contribution in [0.1, 0.15) is 15.4 Å². The second-order valence-electron chi connectivity index (χ2n) is 5.72. The molecule has 0 spiro atoms. The molecule has 0 aliphatic heterocycles. The van der Waals surface area contributed by atoms with E-state index in [2.05, 4.69) is 10.3 Å². The van der Waals surface area contributed by atoms with Crippen LogP contribution in [0.25, 0.3) is 9.53 Å². The third-order valence-electron chi connectivity index (χ3n) is 3.84. The van der Waals surface area contributed by atoms with Gasteiger partial charge in [0.25, 0.3) is 0 Å². The predicted molar refractivity (Wildman–Crippen MR) is 111 cm³/mol. The van der Waals surface area contributed by atoms with Gasteiger partial charge in [-0.2, -0.15) is 0 Å². The van der Waals surface area contributed by atoms with E-state index < -0.39 is 0 Å². The average Bonchev–Trinajstić information content (AvgIpc) is 3.31. The molecule has 0 bridgehead atoms. The van der Waals surface area contributed by atoms with Crippen LogP contribution in [-0.2, 0) is 11.3 Å². The van der Waals surface area contributed by atoms with Gasteiger partial charge in [-0.05, 0) is 25.1 Å². The van der Waals surface area contributed by atoms with Crippen molar-refractivity contribution in [3.05, 3.63) is 62.0 Å². The van der Waals surface area contributed by atoms with E-state index in [4.69, 9.17) is 4.74 Å². The van der Waals surface area contributed by atoms with Gasteiger partial charge >= 0.3 is 10.8 Å². The number of ether oxygens (including phenoxy) is 1. The average molecular weight is 418 g/mol. The molecule has 0 unspecified atom stereocenters. The van der Waals surface area contributed by atoms with Gasteiger partial charge in [0.05, 0.1) is 11.2 Å². The van der Waals surface area contributed by atoms with Crippen molar-refractivity contribution >= 4 is 60.3 Å². The van der Waals surface area contributed by atoms with Crippen LogP contribution in [0.5, 0.6) is 0 Å². The zero-order valence-corrected chi connectivity index (χ0v) is 16.7. The lowest BCUT2D eigenvalue weighted by Gasteiger charge is -2.05. The van der Waals surface area contributed by atoms with Gasteiger partial charge in [0, 0.05) is 16.8 Å². The summed E-state index contributed by atoms with van der Waals surface area (Å²) in [6.45, 7) is 2.39. The molecule has 9 heteroatoms. The topological polar surface area (TPSA) is 73.2 Å². The Balaban J connectivity index is 1.39. The number of rotatable bonds is 6. The summed E-state index contributed by atoms with van der Waals surface area (Å²) in [5, 5.41) is 5.84. The minimum atomic E-state index is -0.385. The molecule has 0 aliphatic carbocycles. The van der Waals surface area contributed by atoms with Crippen molar-refractivity contribution in [3.63, 3.8) is 0 Å². The van der Waals surface area contributed by atoms with Crippen molar-refractivity contribution in [2.45, 2.75) is 13.5 Å². The summed E-state index contributed by atoms with van der Waals surface area (Å²) in [7, 11) is 0. The van der Waals surface area contributed by atoms with Crippen LogP contribution in [0, 0.1) is 6.92 Å². The molecule has 0 atom stereocenters. The van der Waals surface area contributed by atoms with Crippen LogP contribution in [0.2, 0.25) is 0 Å². The molecule has 3 heterocycles. The standard InChI is InChI=1S/C18H15N3O3S3/c1-11-10-25-18(23)21(11)7-8-24-16(22)14-9-13-15(26-14)20-17(27-13)19-12-5-3-2-4-6-12/h2-6,9-10H,7-8H2,1H3,(H,19,20). The van der Waals surface area contributed by atoms with E-state index in [1.807, 2.05) is 37.3 Å². The Labute approximate surface area is 166 Å². The quantitative estimate of drug-likeness (QED) is 0.468. The monoisotopic (exact) mass is 417 g/mol. The van der Waals surface area contributed by atoms with E-state index >= 15 is 0 Å².